The van der Waals surface area contributed by atoms with Crippen LogP contribution in [0.5, 0.6) is 0 Å². The fourth-order valence-electron chi connectivity index (χ4n) is 4.07. The van der Waals surface area contributed by atoms with Crippen molar-refractivity contribution < 1.29 is 19.8 Å². The largest absolute Gasteiger partial charge is 0.380 e. The lowest BCUT2D eigenvalue weighted by atomic mass is 10.0. The van der Waals surface area contributed by atoms with Crippen LogP contribution in [-0.2, 0) is 22.4 Å². The third kappa shape index (κ3) is 5.74. The lowest BCUT2D eigenvalue weighted by Gasteiger charge is -2.27. The second-order valence-corrected chi connectivity index (χ2v) is 9.03. The molecule has 2 heterocycles. The Hall–Kier alpha value is -2.73. The van der Waals surface area contributed by atoms with Crippen LogP contribution >= 0.6 is 11.3 Å². The van der Waals surface area contributed by atoms with E-state index in [0.29, 0.717) is 24.9 Å². The van der Waals surface area contributed by atoms with Gasteiger partial charge in [-0.2, -0.15) is 5.26 Å². The highest BCUT2D eigenvalue weighted by Crippen LogP contribution is 2.22. The molecule has 0 bridgehead atoms. The first-order chi connectivity index (χ1) is 15.4. The van der Waals surface area contributed by atoms with E-state index >= 15 is 0 Å². The average Bonchev–Trinajstić information content (AvgIpc) is 3.47. The highest BCUT2D eigenvalue weighted by atomic mass is 32.1. The molecule has 0 aliphatic carbocycles. The normalized spacial score (nSPS) is 17.6. The Morgan fingerprint density at radius 3 is 2.84 bits per heavy atom. The molecule has 0 radical (unpaired) electrons. The molecule has 1 aromatic carbocycles. The van der Waals surface area contributed by atoms with Gasteiger partial charge in [-0.05, 0) is 60.7 Å². The third-order valence-electron chi connectivity index (χ3n) is 5.86. The molecule has 3 atom stereocenters. The summed E-state index contributed by atoms with van der Waals surface area (Å²) in [4.78, 5) is 27.3. The predicted molar refractivity (Wildman–Crippen MR) is 122 cm³/mol. The molecule has 2 aromatic rings. The Labute approximate surface area is 192 Å². The van der Waals surface area contributed by atoms with Crippen molar-refractivity contribution in [3.8, 4) is 6.07 Å². The maximum Gasteiger partial charge on any atom is 0.254 e. The standard InChI is InChI=1S/C24H29N3O4S/c1-2-19-8-5-11-27(19)24(31)22(29)21(28)23(30)26-10-9-20-13-16(15-32-20)12-17-6-3-4-7-18(17)14-25/h3-4,6-7,13,15,19,21-22,28-29H,2,5,8-12H2,1H3,(H,26,30)/t19-,21+,22+/m0/s1. The Morgan fingerprint density at radius 2 is 2.09 bits per heavy atom. The first-order valence-corrected chi connectivity index (χ1v) is 11.8. The summed E-state index contributed by atoms with van der Waals surface area (Å²) in [7, 11) is 0. The SMILES string of the molecule is CC[C@H]1CCCN1C(=O)[C@H](O)[C@@H](O)C(=O)NCCc1cc(Cc2ccccc2C#N)cs1. The minimum atomic E-state index is -1.79. The smallest absolute Gasteiger partial charge is 0.254 e. The highest BCUT2D eigenvalue weighted by molar-refractivity contribution is 7.10. The molecular formula is C24H29N3O4S. The molecule has 0 unspecified atom stereocenters. The van der Waals surface area contributed by atoms with Gasteiger partial charge in [-0.15, -0.1) is 11.3 Å². The van der Waals surface area contributed by atoms with Gasteiger partial charge in [0.25, 0.3) is 11.8 Å². The molecule has 0 saturated carbocycles. The molecule has 1 aliphatic heterocycles. The van der Waals surface area contributed by atoms with Gasteiger partial charge in [0.15, 0.2) is 12.2 Å². The molecule has 1 fully saturated rings. The van der Waals surface area contributed by atoms with Gasteiger partial charge >= 0.3 is 0 Å². The maximum absolute atomic E-state index is 12.5. The number of carbonyl (C=O) groups is 2. The van der Waals surface area contributed by atoms with E-state index in [0.717, 1.165) is 35.3 Å². The molecule has 170 valence electrons. The molecule has 0 spiro atoms. The Bertz CT molecular complexity index is 984. The number of amides is 2. The van der Waals surface area contributed by atoms with E-state index in [2.05, 4.69) is 11.4 Å². The van der Waals surface area contributed by atoms with Crippen molar-refractivity contribution in [2.75, 3.05) is 13.1 Å². The van der Waals surface area contributed by atoms with Crippen molar-refractivity contribution >= 4 is 23.2 Å². The fraction of sp³-hybridized carbons (Fsp3) is 0.458. The van der Waals surface area contributed by atoms with Crippen LogP contribution in [0.1, 0.15) is 47.8 Å². The molecule has 3 N–H and O–H groups in total. The van der Waals surface area contributed by atoms with Crippen LogP contribution in [0.25, 0.3) is 0 Å². The number of carbonyl (C=O) groups excluding carboxylic acids is 2. The number of aliphatic hydroxyl groups excluding tert-OH is 2. The van der Waals surface area contributed by atoms with Crippen LogP contribution in [0.2, 0.25) is 0 Å². The number of nitrogens with one attached hydrogen (secondary N) is 1. The van der Waals surface area contributed by atoms with Crippen molar-refractivity contribution in [1.29, 1.82) is 5.26 Å². The first-order valence-electron chi connectivity index (χ1n) is 10.9. The van der Waals surface area contributed by atoms with Gasteiger partial charge in [-0.3, -0.25) is 9.59 Å². The molecular weight excluding hydrogens is 426 g/mol. The summed E-state index contributed by atoms with van der Waals surface area (Å²) in [5.74, 6) is -1.34. The van der Waals surface area contributed by atoms with Crippen molar-refractivity contribution in [2.24, 2.45) is 0 Å². The van der Waals surface area contributed by atoms with Crippen molar-refractivity contribution in [3.63, 3.8) is 0 Å². The number of hydrogen-bond acceptors (Lipinski definition) is 6. The topological polar surface area (TPSA) is 114 Å². The number of nitrogens with zero attached hydrogens (tertiary/aromatic N) is 2. The van der Waals surface area contributed by atoms with Gasteiger partial charge in [-0.1, -0.05) is 25.1 Å². The minimum absolute atomic E-state index is 0.0561. The molecule has 8 heteroatoms. The molecule has 1 saturated heterocycles. The van der Waals surface area contributed by atoms with Crippen LogP contribution in [0.15, 0.2) is 35.7 Å². The predicted octanol–water partition coefficient (Wildman–Crippen LogP) is 1.99. The quantitative estimate of drug-likeness (QED) is 0.535. The van der Waals surface area contributed by atoms with E-state index in [-0.39, 0.29) is 12.6 Å². The molecule has 1 aliphatic rings. The van der Waals surface area contributed by atoms with Gasteiger partial charge in [0.1, 0.15) is 0 Å². The summed E-state index contributed by atoms with van der Waals surface area (Å²) >= 11 is 1.57. The number of hydrogen-bond donors (Lipinski definition) is 3. The molecule has 1 aromatic heterocycles. The van der Waals surface area contributed by atoms with Gasteiger partial charge in [0, 0.05) is 24.0 Å². The number of likely N-dealkylation sites (tertiary alicyclic amines) is 1. The summed E-state index contributed by atoms with van der Waals surface area (Å²) < 4.78 is 0. The van der Waals surface area contributed by atoms with Crippen LogP contribution in [0.4, 0.5) is 0 Å². The highest BCUT2D eigenvalue weighted by Gasteiger charge is 2.37. The molecule has 7 nitrogen and oxygen atoms in total. The maximum atomic E-state index is 12.5. The minimum Gasteiger partial charge on any atom is -0.380 e. The van der Waals surface area contributed by atoms with Crippen molar-refractivity contribution in [3.05, 3.63) is 57.3 Å². The Kier molecular flexibility index (Phi) is 8.39. The van der Waals surface area contributed by atoms with E-state index in [4.69, 9.17) is 0 Å². The van der Waals surface area contributed by atoms with E-state index in [1.54, 1.807) is 22.3 Å². The van der Waals surface area contributed by atoms with Crippen LogP contribution in [0, 0.1) is 11.3 Å². The number of nitriles is 1. The second kappa shape index (κ2) is 11.2. The average molecular weight is 456 g/mol. The Balaban J connectivity index is 1.47. The van der Waals surface area contributed by atoms with Crippen molar-refractivity contribution in [1.82, 2.24) is 10.2 Å². The lowest BCUT2D eigenvalue weighted by molar-refractivity contribution is -0.153. The zero-order valence-corrected chi connectivity index (χ0v) is 19.0. The second-order valence-electron chi connectivity index (χ2n) is 8.03. The van der Waals surface area contributed by atoms with Crippen LogP contribution < -0.4 is 5.32 Å². The summed E-state index contributed by atoms with van der Waals surface area (Å²) in [6, 6.07) is 11.8. The summed E-state index contributed by atoms with van der Waals surface area (Å²) in [5.41, 5.74) is 2.72. The first kappa shape index (κ1) is 23.9. The zero-order chi connectivity index (χ0) is 23.1. The van der Waals surface area contributed by atoms with E-state index < -0.39 is 24.0 Å². The van der Waals surface area contributed by atoms with Crippen LogP contribution in [-0.4, -0.2) is 58.3 Å². The van der Waals surface area contributed by atoms with Gasteiger partial charge in [0.05, 0.1) is 11.6 Å². The van der Waals surface area contributed by atoms with E-state index in [9.17, 15) is 25.1 Å². The summed E-state index contributed by atoms with van der Waals surface area (Å²) in [6.07, 6.45) is 0.210. The Morgan fingerprint density at radius 1 is 1.31 bits per heavy atom. The van der Waals surface area contributed by atoms with Gasteiger partial charge in [-0.25, -0.2) is 0 Å². The number of aliphatic hydroxyl groups is 2. The number of thiophene rings is 1. The zero-order valence-electron chi connectivity index (χ0n) is 18.2. The number of benzene rings is 1. The van der Waals surface area contributed by atoms with Crippen LogP contribution in [0.3, 0.4) is 0 Å². The fourth-order valence-corrected chi connectivity index (χ4v) is 4.96. The molecule has 3 rings (SSSR count). The monoisotopic (exact) mass is 455 g/mol. The third-order valence-corrected chi connectivity index (χ3v) is 6.91. The summed E-state index contributed by atoms with van der Waals surface area (Å²) in [5, 5.41) is 34.2. The lowest BCUT2D eigenvalue weighted by Crippen LogP contribution is -2.52. The van der Waals surface area contributed by atoms with Gasteiger partial charge in [0.2, 0.25) is 0 Å². The number of rotatable bonds is 9. The van der Waals surface area contributed by atoms with E-state index in [1.165, 1.54) is 0 Å². The van der Waals surface area contributed by atoms with Crippen molar-refractivity contribution in [2.45, 2.75) is 57.3 Å². The molecule has 32 heavy (non-hydrogen) atoms. The van der Waals surface area contributed by atoms with Gasteiger partial charge < -0.3 is 20.4 Å². The molecule has 2 amide bonds. The van der Waals surface area contributed by atoms with E-state index in [1.807, 2.05) is 36.6 Å². The summed E-state index contributed by atoms with van der Waals surface area (Å²) in [6.45, 7) is 2.80.